The van der Waals surface area contributed by atoms with Crippen LogP contribution >= 0.6 is 0 Å². The standard InChI is InChI=1S/C18H21FN2O4/c19-14-7-2-1-4-13(14)11-20-8-9-21(17(24)12-5-3-6-12)15(18(20)25)10-16(22)23/h1-2,4,7,12,15H,3,5-6,8-11H2,(H,22,23). The molecule has 0 aromatic heterocycles. The Morgan fingerprint density at radius 1 is 1.20 bits per heavy atom. The molecular formula is C18H21FN2O4. The molecule has 7 heteroatoms. The molecular weight excluding hydrogens is 327 g/mol. The molecule has 1 aliphatic heterocycles. The van der Waals surface area contributed by atoms with Gasteiger partial charge in [0.05, 0.1) is 6.42 Å². The predicted octanol–water partition coefficient (Wildman–Crippen LogP) is 1.64. The van der Waals surface area contributed by atoms with Crippen molar-refractivity contribution in [3.8, 4) is 0 Å². The summed E-state index contributed by atoms with van der Waals surface area (Å²) in [5, 5.41) is 9.14. The van der Waals surface area contributed by atoms with Gasteiger partial charge in [-0.05, 0) is 18.9 Å². The number of rotatable bonds is 5. The molecule has 2 fully saturated rings. The molecule has 0 spiro atoms. The number of benzene rings is 1. The normalized spacial score (nSPS) is 21.2. The number of carbonyl (C=O) groups is 3. The Morgan fingerprint density at radius 2 is 1.92 bits per heavy atom. The molecule has 1 unspecified atom stereocenters. The molecule has 3 rings (SSSR count). The first-order valence-corrected chi connectivity index (χ1v) is 8.52. The Balaban J connectivity index is 1.76. The molecule has 0 bridgehead atoms. The van der Waals surface area contributed by atoms with Crippen LogP contribution in [0.3, 0.4) is 0 Å². The fourth-order valence-corrected chi connectivity index (χ4v) is 3.34. The van der Waals surface area contributed by atoms with Crippen molar-refractivity contribution in [2.75, 3.05) is 13.1 Å². The zero-order valence-electron chi connectivity index (χ0n) is 13.9. The SMILES string of the molecule is O=C(O)CC1C(=O)N(Cc2ccccc2F)CCN1C(=O)C1CCC1. The smallest absolute Gasteiger partial charge is 0.305 e. The van der Waals surface area contributed by atoms with Gasteiger partial charge in [0.1, 0.15) is 11.9 Å². The van der Waals surface area contributed by atoms with Crippen LogP contribution in [-0.2, 0) is 20.9 Å². The number of hydrogen-bond acceptors (Lipinski definition) is 3. The lowest BCUT2D eigenvalue weighted by molar-refractivity contribution is -0.159. The largest absolute Gasteiger partial charge is 0.481 e. The van der Waals surface area contributed by atoms with Crippen LogP contribution in [-0.4, -0.2) is 51.8 Å². The number of carbonyl (C=O) groups excluding carboxylic acids is 2. The van der Waals surface area contributed by atoms with Crippen LogP contribution in [0, 0.1) is 11.7 Å². The third-order valence-electron chi connectivity index (χ3n) is 5.01. The average Bonchev–Trinajstić information content (AvgIpc) is 2.51. The first-order valence-electron chi connectivity index (χ1n) is 8.52. The van der Waals surface area contributed by atoms with Crippen molar-refractivity contribution >= 4 is 17.8 Å². The van der Waals surface area contributed by atoms with E-state index in [0.29, 0.717) is 5.56 Å². The van der Waals surface area contributed by atoms with Crippen LogP contribution in [0.1, 0.15) is 31.2 Å². The topological polar surface area (TPSA) is 77.9 Å². The number of carboxylic acid groups (broad SMARTS) is 1. The van der Waals surface area contributed by atoms with E-state index in [1.807, 2.05) is 0 Å². The van der Waals surface area contributed by atoms with Gasteiger partial charge in [0, 0.05) is 31.1 Å². The van der Waals surface area contributed by atoms with Gasteiger partial charge in [0.15, 0.2) is 0 Å². The number of carboxylic acids is 1. The van der Waals surface area contributed by atoms with Crippen molar-refractivity contribution in [2.24, 2.45) is 5.92 Å². The summed E-state index contributed by atoms with van der Waals surface area (Å²) in [4.78, 5) is 39.3. The quantitative estimate of drug-likeness (QED) is 0.877. The summed E-state index contributed by atoms with van der Waals surface area (Å²) >= 11 is 0. The Kier molecular flexibility index (Phi) is 5.01. The second kappa shape index (κ2) is 7.21. The van der Waals surface area contributed by atoms with Crippen molar-refractivity contribution in [1.29, 1.82) is 0 Å². The van der Waals surface area contributed by atoms with E-state index >= 15 is 0 Å². The van der Waals surface area contributed by atoms with Gasteiger partial charge in [-0.2, -0.15) is 0 Å². The first-order chi connectivity index (χ1) is 12.0. The number of hydrogen-bond donors (Lipinski definition) is 1. The highest BCUT2D eigenvalue weighted by molar-refractivity contribution is 5.92. The fraction of sp³-hybridized carbons (Fsp3) is 0.500. The molecule has 1 aliphatic carbocycles. The molecule has 1 atom stereocenters. The Labute approximate surface area is 145 Å². The lowest BCUT2D eigenvalue weighted by atomic mass is 9.83. The Hall–Kier alpha value is -2.44. The van der Waals surface area contributed by atoms with E-state index in [1.165, 1.54) is 15.9 Å². The number of aliphatic carboxylic acids is 1. The van der Waals surface area contributed by atoms with E-state index in [4.69, 9.17) is 5.11 Å². The molecule has 1 aromatic rings. The van der Waals surface area contributed by atoms with Gasteiger partial charge in [0.2, 0.25) is 11.8 Å². The molecule has 2 amide bonds. The molecule has 1 heterocycles. The summed E-state index contributed by atoms with van der Waals surface area (Å²) in [6, 6.07) is 5.18. The molecule has 6 nitrogen and oxygen atoms in total. The maximum absolute atomic E-state index is 13.8. The van der Waals surface area contributed by atoms with Crippen LogP contribution in [0.4, 0.5) is 4.39 Å². The zero-order valence-corrected chi connectivity index (χ0v) is 13.9. The van der Waals surface area contributed by atoms with E-state index in [9.17, 15) is 18.8 Å². The van der Waals surface area contributed by atoms with E-state index in [2.05, 4.69) is 0 Å². The molecule has 1 saturated heterocycles. The third kappa shape index (κ3) is 3.65. The summed E-state index contributed by atoms with van der Waals surface area (Å²) in [6.45, 7) is 0.641. The molecule has 25 heavy (non-hydrogen) atoms. The fourth-order valence-electron chi connectivity index (χ4n) is 3.34. The third-order valence-corrected chi connectivity index (χ3v) is 5.01. The highest BCUT2D eigenvalue weighted by atomic mass is 19.1. The lowest BCUT2D eigenvalue weighted by Gasteiger charge is -2.42. The first kappa shape index (κ1) is 17.4. The molecule has 1 N–H and O–H groups in total. The Morgan fingerprint density at radius 3 is 2.52 bits per heavy atom. The van der Waals surface area contributed by atoms with E-state index < -0.39 is 30.2 Å². The highest BCUT2D eigenvalue weighted by Crippen LogP contribution is 2.30. The average molecular weight is 348 g/mol. The maximum Gasteiger partial charge on any atom is 0.305 e. The van der Waals surface area contributed by atoms with Gasteiger partial charge in [0.25, 0.3) is 0 Å². The van der Waals surface area contributed by atoms with Gasteiger partial charge < -0.3 is 14.9 Å². The lowest BCUT2D eigenvalue weighted by Crippen LogP contribution is -2.60. The van der Waals surface area contributed by atoms with Crippen molar-refractivity contribution in [2.45, 2.75) is 38.3 Å². The van der Waals surface area contributed by atoms with Gasteiger partial charge in [-0.15, -0.1) is 0 Å². The van der Waals surface area contributed by atoms with Crippen LogP contribution in [0.5, 0.6) is 0 Å². The molecule has 1 aromatic carbocycles. The molecule has 134 valence electrons. The summed E-state index contributed by atoms with van der Waals surface area (Å²) in [5.41, 5.74) is 0.378. The van der Waals surface area contributed by atoms with Gasteiger partial charge in [-0.25, -0.2) is 4.39 Å². The number of amides is 2. The summed E-state index contributed by atoms with van der Waals surface area (Å²) in [5.74, 6) is -2.18. The van der Waals surface area contributed by atoms with E-state index in [-0.39, 0.29) is 31.5 Å². The second-order valence-corrected chi connectivity index (χ2v) is 6.62. The predicted molar refractivity (Wildman–Crippen MR) is 86.9 cm³/mol. The minimum absolute atomic E-state index is 0.0765. The van der Waals surface area contributed by atoms with Gasteiger partial charge in [-0.3, -0.25) is 14.4 Å². The van der Waals surface area contributed by atoms with Gasteiger partial charge in [-0.1, -0.05) is 24.6 Å². The highest BCUT2D eigenvalue weighted by Gasteiger charge is 2.41. The second-order valence-electron chi connectivity index (χ2n) is 6.62. The van der Waals surface area contributed by atoms with Crippen LogP contribution < -0.4 is 0 Å². The number of piperazine rings is 1. The summed E-state index contributed by atoms with van der Waals surface area (Å²) < 4.78 is 13.8. The van der Waals surface area contributed by atoms with E-state index in [0.717, 1.165) is 19.3 Å². The summed E-state index contributed by atoms with van der Waals surface area (Å²) in [7, 11) is 0. The monoisotopic (exact) mass is 348 g/mol. The van der Waals surface area contributed by atoms with Crippen molar-refractivity contribution < 1.29 is 23.9 Å². The van der Waals surface area contributed by atoms with E-state index in [1.54, 1.807) is 18.2 Å². The number of halogens is 1. The Bertz CT molecular complexity index is 689. The minimum atomic E-state index is -1.13. The zero-order chi connectivity index (χ0) is 18.0. The molecule has 2 aliphatic rings. The van der Waals surface area contributed by atoms with Crippen LogP contribution in [0.15, 0.2) is 24.3 Å². The van der Waals surface area contributed by atoms with Crippen molar-refractivity contribution in [3.63, 3.8) is 0 Å². The maximum atomic E-state index is 13.8. The summed E-state index contributed by atoms with van der Waals surface area (Å²) in [6.07, 6.45) is 2.15. The number of nitrogens with zero attached hydrogens (tertiary/aromatic N) is 2. The van der Waals surface area contributed by atoms with Crippen molar-refractivity contribution in [1.82, 2.24) is 9.80 Å². The van der Waals surface area contributed by atoms with Crippen LogP contribution in [0.2, 0.25) is 0 Å². The van der Waals surface area contributed by atoms with Crippen LogP contribution in [0.25, 0.3) is 0 Å². The van der Waals surface area contributed by atoms with Gasteiger partial charge >= 0.3 is 5.97 Å². The minimum Gasteiger partial charge on any atom is -0.481 e. The molecule has 0 radical (unpaired) electrons. The molecule has 1 saturated carbocycles. The van der Waals surface area contributed by atoms with Crippen molar-refractivity contribution in [3.05, 3.63) is 35.6 Å².